The molecule has 0 spiro atoms. The standard InChI is InChI=1S/C21H22FN3O2S2/c1-14-19(29-21(24-14)18-3-2-12-28-18)20(26)23-13-17(25-8-10-27-11-9-25)15-4-6-16(22)7-5-15/h2-7,12,17H,8-11,13H2,1H3,(H,23,26). The zero-order valence-electron chi connectivity index (χ0n) is 16.1. The van der Waals surface area contributed by atoms with Gasteiger partial charge < -0.3 is 10.1 Å². The molecule has 8 heteroatoms. The smallest absolute Gasteiger partial charge is 0.263 e. The first-order valence-corrected chi connectivity index (χ1v) is 11.2. The van der Waals surface area contributed by atoms with Crippen LogP contribution in [0.2, 0.25) is 0 Å². The number of carbonyl (C=O) groups excluding carboxylic acids is 1. The molecular weight excluding hydrogens is 409 g/mol. The van der Waals surface area contributed by atoms with Crippen LogP contribution in [0.15, 0.2) is 41.8 Å². The van der Waals surface area contributed by atoms with E-state index in [2.05, 4.69) is 15.2 Å². The van der Waals surface area contributed by atoms with Gasteiger partial charge in [0.05, 0.1) is 29.8 Å². The van der Waals surface area contributed by atoms with Crippen LogP contribution in [0.4, 0.5) is 4.39 Å². The average molecular weight is 432 g/mol. The number of ether oxygens (including phenoxy) is 1. The van der Waals surface area contributed by atoms with Crippen LogP contribution in [0.3, 0.4) is 0 Å². The molecule has 2 aromatic heterocycles. The van der Waals surface area contributed by atoms with Gasteiger partial charge in [-0.05, 0) is 36.1 Å². The number of aromatic nitrogens is 1. The van der Waals surface area contributed by atoms with Crippen molar-refractivity contribution < 1.29 is 13.9 Å². The molecule has 29 heavy (non-hydrogen) atoms. The minimum absolute atomic E-state index is 0.0338. The SMILES string of the molecule is Cc1nc(-c2cccs2)sc1C(=O)NCC(c1ccc(F)cc1)N1CCOCC1. The first-order chi connectivity index (χ1) is 14.1. The Bertz CT molecular complexity index is 951. The van der Waals surface area contributed by atoms with Gasteiger partial charge in [0.2, 0.25) is 0 Å². The number of thiophene rings is 1. The lowest BCUT2D eigenvalue weighted by Gasteiger charge is -2.34. The lowest BCUT2D eigenvalue weighted by Crippen LogP contribution is -2.43. The fraction of sp³-hybridized carbons (Fsp3) is 0.333. The number of nitrogens with one attached hydrogen (secondary N) is 1. The summed E-state index contributed by atoms with van der Waals surface area (Å²) in [6, 6.07) is 10.5. The van der Waals surface area contributed by atoms with Crippen molar-refractivity contribution in [1.29, 1.82) is 0 Å². The van der Waals surface area contributed by atoms with Crippen molar-refractivity contribution in [3.63, 3.8) is 0 Å². The average Bonchev–Trinajstić information content (AvgIpc) is 3.40. The number of nitrogens with zero attached hydrogens (tertiary/aromatic N) is 2. The van der Waals surface area contributed by atoms with E-state index >= 15 is 0 Å². The zero-order valence-corrected chi connectivity index (χ0v) is 17.7. The summed E-state index contributed by atoms with van der Waals surface area (Å²) in [5.41, 5.74) is 1.72. The number of rotatable bonds is 6. The van der Waals surface area contributed by atoms with E-state index in [1.54, 1.807) is 23.5 Å². The van der Waals surface area contributed by atoms with E-state index < -0.39 is 0 Å². The van der Waals surface area contributed by atoms with E-state index in [1.165, 1.54) is 23.5 Å². The first kappa shape index (κ1) is 20.2. The highest BCUT2D eigenvalue weighted by atomic mass is 32.1. The van der Waals surface area contributed by atoms with Crippen LogP contribution in [0.5, 0.6) is 0 Å². The Morgan fingerprint density at radius 3 is 2.72 bits per heavy atom. The summed E-state index contributed by atoms with van der Waals surface area (Å²) in [6.45, 7) is 5.17. The van der Waals surface area contributed by atoms with Crippen LogP contribution in [0.1, 0.15) is 27.0 Å². The third-order valence-electron chi connectivity index (χ3n) is 4.93. The molecule has 0 saturated carbocycles. The van der Waals surface area contributed by atoms with Crippen molar-refractivity contribution in [2.24, 2.45) is 0 Å². The summed E-state index contributed by atoms with van der Waals surface area (Å²) in [5, 5.41) is 5.94. The minimum atomic E-state index is -0.264. The molecule has 3 aromatic rings. The summed E-state index contributed by atoms with van der Waals surface area (Å²) >= 11 is 3.03. The Hall–Kier alpha value is -2.13. The second kappa shape index (κ2) is 9.13. The van der Waals surface area contributed by atoms with Crippen molar-refractivity contribution in [2.45, 2.75) is 13.0 Å². The quantitative estimate of drug-likeness (QED) is 0.638. The maximum Gasteiger partial charge on any atom is 0.263 e. The van der Waals surface area contributed by atoms with Crippen molar-refractivity contribution in [1.82, 2.24) is 15.2 Å². The first-order valence-electron chi connectivity index (χ1n) is 9.48. The van der Waals surface area contributed by atoms with Crippen LogP contribution < -0.4 is 5.32 Å². The van der Waals surface area contributed by atoms with E-state index in [0.29, 0.717) is 24.6 Å². The molecule has 152 valence electrons. The van der Waals surface area contributed by atoms with Gasteiger partial charge in [0.1, 0.15) is 15.7 Å². The fourth-order valence-corrected chi connectivity index (χ4v) is 5.19. The molecule has 1 aromatic carbocycles. The maximum atomic E-state index is 13.4. The predicted molar refractivity (Wildman–Crippen MR) is 114 cm³/mol. The topological polar surface area (TPSA) is 54.5 Å². The number of benzene rings is 1. The molecule has 0 aliphatic carbocycles. The van der Waals surface area contributed by atoms with Gasteiger partial charge in [0, 0.05) is 19.6 Å². The molecule has 1 N–H and O–H groups in total. The van der Waals surface area contributed by atoms with Crippen LogP contribution in [-0.4, -0.2) is 48.6 Å². The number of thiazole rings is 1. The Morgan fingerprint density at radius 1 is 1.28 bits per heavy atom. The van der Waals surface area contributed by atoms with Gasteiger partial charge >= 0.3 is 0 Å². The Kier molecular flexibility index (Phi) is 6.34. The summed E-state index contributed by atoms with van der Waals surface area (Å²) in [6.07, 6.45) is 0. The van der Waals surface area contributed by atoms with E-state index in [4.69, 9.17) is 4.74 Å². The molecule has 1 fully saturated rings. The fourth-order valence-electron chi connectivity index (χ4n) is 3.41. The number of hydrogen-bond acceptors (Lipinski definition) is 6. The highest BCUT2D eigenvalue weighted by Crippen LogP contribution is 2.31. The maximum absolute atomic E-state index is 13.4. The lowest BCUT2D eigenvalue weighted by molar-refractivity contribution is 0.0162. The molecule has 5 nitrogen and oxygen atoms in total. The molecule has 1 saturated heterocycles. The van der Waals surface area contributed by atoms with Gasteiger partial charge in [-0.1, -0.05) is 18.2 Å². The third-order valence-corrected chi connectivity index (χ3v) is 7.13. The summed E-state index contributed by atoms with van der Waals surface area (Å²) in [4.78, 5) is 21.4. The van der Waals surface area contributed by atoms with Crippen molar-refractivity contribution >= 4 is 28.6 Å². The van der Waals surface area contributed by atoms with Gasteiger partial charge in [-0.25, -0.2) is 9.37 Å². The molecule has 0 bridgehead atoms. The number of amides is 1. The highest BCUT2D eigenvalue weighted by Gasteiger charge is 2.24. The molecular formula is C21H22FN3O2S2. The highest BCUT2D eigenvalue weighted by molar-refractivity contribution is 7.22. The molecule has 3 heterocycles. The summed E-state index contributed by atoms with van der Waals surface area (Å²) < 4.78 is 18.8. The molecule has 1 aliphatic rings. The molecule has 1 unspecified atom stereocenters. The van der Waals surface area contributed by atoms with Gasteiger partial charge in [-0.3, -0.25) is 9.69 Å². The van der Waals surface area contributed by atoms with Crippen LogP contribution in [0.25, 0.3) is 9.88 Å². The van der Waals surface area contributed by atoms with E-state index in [1.807, 2.05) is 24.4 Å². The summed E-state index contributed by atoms with van der Waals surface area (Å²) in [7, 11) is 0. The number of morpholine rings is 1. The predicted octanol–water partition coefficient (Wildman–Crippen LogP) is 4.12. The monoisotopic (exact) mass is 431 g/mol. The van der Waals surface area contributed by atoms with Crippen LogP contribution in [-0.2, 0) is 4.74 Å². The Balaban J connectivity index is 1.49. The molecule has 1 aliphatic heterocycles. The molecule has 4 rings (SSSR count). The second-order valence-electron chi connectivity index (χ2n) is 6.84. The Labute approximate surface area is 177 Å². The summed E-state index contributed by atoms with van der Waals surface area (Å²) in [5.74, 6) is -0.386. The van der Waals surface area contributed by atoms with E-state index in [0.717, 1.165) is 34.2 Å². The number of carbonyl (C=O) groups is 1. The third kappa shape index (κ3) is 4.72. The largest absolute Gasteiger partial charge is 0.379 e. The van der Waals surface area contributed by atoms with Crippen molar-refractivity contribution in [2.75, 3.05) is 32.8 Å². The van der Waals surface area contributed by atoms with Gasteiger partial charge in [0.25, 0.3) is 5.91 Å². The van der Waals surface area contributed by atoms with Crippen molar-refractivity contribution in [3.8, 4) is 9.88 Å². The number of halogens is 1. The van der Waals surface area contributed by atoms with Crippen LogP contribution in [0, 0.1) is 12.7 Å². The normalized spacial score (nSPS) is 15.9. The molecule has 1 atom stereocenters. The van der Waals surface area contributed by atoms with E-state index in [9.17, 15) is 9.18 Å². The number of aryl methyl sites for hydroxylation is 1. The van der Waals surface area contributed by atoms with E-state index in [-0.39, 0.29) is 17.8 Å². The minimum Gasteiger partial charge on any atom is -0.379 e. The van der Waals surface area contributed by atoms with Crippen LogP contribution >= 0.6 is 22.7 Å². The van der Waals surface area contributed by atoms with Gasteiger partial charge in [0.15, 0.2) is 0 Å². The zero-order chi connectivity index (χ0) is 20.2. The lowest BCUT2D eigenvalue weighted by atomic mass is 10.0. The molecule has 0 radical (unpaired) electrons. The Morgan fingerprint density at radius 2 is 2.03 bits per heavy atom. The van der Waals surface area contributed by atoms with Gasteiger partial charge in [-0.15, -0.1) is 22.7 Å². The molecule has 1 amide bonds. The number of hydrogen-bond donors (Lipinski definition) is 1. The van der Waals surface area contributed by atoms with Gasteiger partial charge in [-0.2, -0.15) is 0 Å². The van der Waals surface area contributed by atoms with Crippen molar-refractivity contribution in [3.05, 3.63) is 63.7 Å². The second-order valence-corrected chi connectivity index (χ2v) is 8.78.